The molecule has 2 heteroatoms. The second-order valence-corrected chi connectivity index (χ2v) is 16.1. The van der Waals surface area contributed by atoms with Crippen LogP contribution in [0.4, 0.5) is 11.4 Å². The zero-order valence-corrected chi connectivity index (χ0v) is 34.0. The lowest BCUT2D eigenvalue weighted by Crippen LogP contribution is -2.06. The smallest absolute Gasteiger partial charge is 0.0314 e. The van der Waals surface area contributed by atoms with Crippen LogP contribution in [0.25, 0.3) is 0 Å². The van der Waals surface area contributed by atoms with E-state index in [1.807, 2.05) is 0 Å². The molecule has 0 heterocycles. The predicted molar refractivity (Wildman–Crippen MR) is 234 cm³/mol. The Balaban J connectivity index is 1.46. The van der Waals surface area contributed by atoms with E-state index in [1.54, 1.807) is 0 Å². The van der Waals surface area contributed by atoms with E-state index in [9.17, 15) is 0 Å². The van der Waals surface area contributed by atoms with E-state index in [2.05, 4.69) is 118 Å². The molecule has 0 radical (unpaired) electrons. The second kappa shape index (κ2) is 24.7. The highest BCUT2D eigenvalue weighted by molar-refractivity contribution is 5.44. The third-order valence-corrected chi connectivity index (χ3v) is 11.7. The zero-order valence-electron chi connectivity index (χ0n) is 34.0. The average Bonchev–Trinajstić information content (AvgIpc) is 3.18. The third kappa shape index (κ3) is 15.0. The summed E-state index contributed by atoms with van der Waals surface area (Å²) in [7, 11) is 0. The van der Waals surface area contributed by atoms with Crippen molar-refractivity contribution < 1.29 is 0 Å². The molecule has 0 saturated heterocycles. The minimum absolute atomic E-state index is 0.418. The highest BCUT2D eigenvalue weighted by atomic mass is 14.5. The summed E-state index contributed by atoms with van der Waals surface area (Å²) in [6.07, 6.45) is 27.3. The monoisotopic (exact) mass is 715 g/mol. The molecule has 0 saturated carbocycles. The molecule has 3 unspecified atom stereocenters. The standard InChI is InChI=1S/C51H74N2/c1-4-7-10-12-14-16-19-22-50(45-32-36-48(52)37-33-45)43-26-24-41(25-27-43)40-47(21-18-9-6-3)42-28-30-44(31-29-42)51(46-34-38-49(53)39-35-46)23-20-17-15-13-11-8-5-2/h24-39,47,50-51H,4-23,40,52-53H2,1-3H3. The predicted octanol–water partition coefficient (Wildman–Crippen LogP) is 15.3. The van der Waals surface area contributed by atoms with Gasteiger partial charge in [0.25, 0.3) is 0 Å². The fraction of sp³-hybridized carbons (Fsp3) is 0.529. The molecule has 0 aliphatic rings. The average molecular weight is 715 g/mol. The summed E-state index contributed by atoms with van der Waals surface area (Å²) in [4.78, 5) is 0. The Morgan fingerprint density at radius 1 is 0.340 bits per heavy atom. The van der Waals surface area contributed by atoms with Crippen molar-refractivity contribution in [3.8, 4) is 0 Å². The Kier molecular flexibility index (Phi) is 19.7. The van der Waals surface area contributed by atoms with Crippen molar-refractivity contribution in [3.63, 3.8) is 0 Å². The lowest BCUT2D eigenvalue weighted by atomic mass is 9.83. The van der Waals surface area contributed by atoms with Crippen LogP contribution in [0.5, 0.6) is 0 Å². The van der Waals surface area contributed by atoms with Crippen molar-refractivity contribution in [2.24, 2.45) is 0 Å². The minimum Gasteiger partial charge on any atom is -0.399 e. The normalized spacial score (nSPS) is 13.2. The van der Waals surface area contributed by atoms with E-state index >= 15 is 0 Å². The molecule has 0 bridgehead atoms. The number of unbranched alkanes of at least 4 members (excludes halogenated alkanes) is 14. The van der Waals surface area contributed by atoms with Gasteiger partial charge < -0.3 is 11.5 Å². The van der Waals surface area contributed by atoms with Crippen LogP contribution in [0.1, 0.15) is 200 Å². The number of hydrogen-bond acceptors (Lipinski definition) is 2. The summed E-state index contributed by atoms with van der Waals surface area (Å²) < 4.78 is 0. The Hall–Kier alpha value is -3.52. The Labute approximate surface area is 325 Å². The molecule has 0 aliphatic heterocycles. The number of anilines is 2. The SMILES string of the molecule is CCCCCCCCCC(c1ccc(N)cc1)c1ccc(CC(CCCCC)c2ccc(C(CCCCCCCCC)c3ccc(N)cc3)cc2)cc1. The summed E-state index contributed by atoms with van der Waals surface area (Å²) >= 11 is 0. The molecule has 0 spiro atoms. The Morgan fingerprint density at radius 2 is 0.642 bits per heavy atom. The van der Waals surface area contributed by atoms with Crippen molar-refractivity contribution in [2.75, 3.05) is 11.5 Å². The van der Waals surface area contributed by atoms with E-state index in [0.29, 0.717) is 17.8 Å². The van der Waals surface area contributed by atoms with Gasteiger partial charge in [0.1, 0.15) is 0 Å². The van der Waals surface area contributed by atoms with Gasteiger partial charge in [-0.1, -0.05) is 203 Å². The molecule has 0 aliphatic carbocycles. The molecule has 3 atom stereocenters. The van der Waals surface area contributed by atoms with Gasteiger partial charge in [0, 0.05) is 23.2 Å². The topological polar surface area (TPSA) is 52.0 Å². The van der Waals surface area contributed by atoms with Gasteiger partial charge in [-0.25, -0.2) is 0 Å². The van der Waals surface area contributed by atoms with Gasteiger partial charge in [0.05, 0.1) is 0 Å². The quantitative estimate of drug-likeness (QED) is 0.0477. The van der Waals surface area contributed by atoms with Crippen LogP contribution in [-0.4, -0.2) is 0 Å². The Bertz CT molecular complexity index is 1490. The summed E-state index contributed by atoms with van der Waals surface area (Å²) in [5, 5.41) is 0. The van der Waals surface area contributed by atoms with Gasteiger partial charge >= 0.3 is 0 Å². The first kappa shape index (κ1) is 42.2. The maximum absolute atomic E-state index is 6.10. The number of benzene rings is 4. The summed E-state index contributed by atoms with van der Waals surface area (Å²) in [5.74, 6) is 1.37. The van der Waals surface area contributed by atoms with Crippen molar-refractivity contribution in [1.82, 2.24) is 0 Å². The molecule has 53 heavy (non-hydrogen) atoms. The fourth-order valence-corrected chi connectivity index (χ4v) is 8.32. The molecule has 0 amide bonds. The van der Waals surface area contributed by atoms with E-state index < -0.39 is 0 Å². The molecular formula is C51H74N2. The van der Waals surface area contributed by atoms with Crippen LogP contribution in [0.15, 0.2) is 97.1 Å². The van der Waals surface area contributed by atoms with Gasteiger partial charge in [0.15, 0.2) is 0 Å². The second-order valence-electron chi connectivity index (χ2n) is 16.1. The highest BCUT2D eigenvalue weighted by Gasteiger charge is 2.19. The van der Waals surface area contributed by atoms with E-state index in [0.717, 1.165) is 17.8 Å². The molecular weight excluding hydrogens is 641 g/mol. The van der Waals surface area contributed by atoms with Gasteiger partial charge in [-0.15, -0.1) is 0 Å². The summed E-state index contributed by atoms with van der Waals surface area (Å²) in [6, 6.07) is 36.7. The lowest BCUT2D eigenvalue weighted by Gasteiger charge is -2.22. The van der Waals surface area contributed by atoms with Gasteiger partial charge in [0.2, 0.25) is 0 Å². The number of nitrogen functional groups attached to an aromatic ring is 2. The van der Waals surface area contributed by atoms with Gasteiger partial charge in [-0.05, 0) is 89.2 Å². The van der Waals surface area contributed by atoms with Crippen LogP contribution in [-0.2, 0) is 6.42 Å². The van der Waals surface area contributed by atoms with Crippen molar-refractivity contribution in [3.05, 3.63) is 130 Å². The van der Waals surface area contributed by atoms with Crippen LogP contribution < -0.4 is 11.5 Å². The largest absolute Gasteiger partial charge is 0.399 e. The highest BCUT2D eigenvalue weighted by Crippen LogP contribution is 2.35. The van der Waals surface area contributed by atoms with E-state index in [4.69, 9.17) is 11.5 Å². The van der Waals surface area contributed by atoms with Crippen molar-refractivity contribution in [1.29, 1.82) is 0 Å². The lowest BCUT2D eigenvalue weighted by molar-refractivity contribution is 0.556. The molecule has 0 aromatic heterocycles. The molecule has 0 fully saturated rings. The van der Waals surface area contributed by atoms with Crippen LogP contribution in [0.3, 0.4) is 0 Å². The molecule has 4 aromatic rings. The first-order valence-corrected chi connectivity index (χ1v) is 21.9. The van der Waals surface area contributed by atoms with E-state index in [-0.39, 0.29) is 0 Å². The number of rotatable bonds is 27. The fourth-order valence-electron chi connectivity index (χ4n) is 8.32. The van der Waals surface area contributed by atoms with Crippen molar-refractivity contribution >= 4 is 11.4 Å². The maximum atomic E-state index is 6.10. The number of nitrogens with two attached hydrogens (primary N) is 2. The summed E-state index contributed by atoms with van der Waals surface area (Å²) in [6.45, 7) is 6.91. The zero-order chi connectivity index (χ0) is 37.5. The van der Waals surface area contributed by atoms with Crippen LogP contribution >= 0.6 is 0 Å². The van der Waals surface area contributed by atoms with Crippen LogP contribution in [0, 0.1) is 0 Å². The molecule has 2 nitrogen and oxygen atoms in total. The maximum Gasteiger partial charge on any atom is 0.0314 e. The molecule has 4 N–H and O–H groups in total. The molecule has 4 rings (SSSR count). The first-order chi connectivity index (χ1) is 26.0. The Morgan fingerprint density at radius 3 is 1.06 bits per heavy atom. The van der Waals surface area contributed by atoms with Gasteiger partial charge in [-0.3, -0.25) is 0 Å². The molecule has 288 valence electrons. The first-order valence-electron chi connectivity index (χ1n) is 21.9. The minimum atomic E-state index is 0.418. The van der Waals surface area contributed by atoms with Crippen LogP contribution in [0.2, 0.25) is 0 Å². The number of hydrogen-bond donors (Lipinski definition) is 2. The van der Waals surface area contributed by atoms with Crippen molar-refractivity contribution in [2.45, 2.75) is 173 Å². The van der Waals surface area contributed by atoms with Gasteiger partial charge in [-0.2, -0.15) is 0 Å². The third-order valence-electron chi connectivity index (χ3n) is 11.7. The summed E-state index contributed by atoms with van der Waals surface area (Å²) in [5.41, 5.74) is 22.5. The van der Waals surface area contributed by atoms with E-state index in [1.165, 1.54) is 162 Å². The molecule has 4 aromatic carbocycles.